The van der Waals surface area contributed by atoms with Crippen LogP contribution in [0.1, 0.15) is 65.1 Å². The summed E-state index contributed by atoms with van der Waals surface area (Å²) in [6.45, 7) is 8.55. The third-order valence-electron chi connectivity index (χ3n) is 5.37. The highest BCUT2D eigenvalue weighted by Gasteiger charge is 2.29. The van der Waals surface area contributed by atoms with Crippen molar-refractivity contribution in [3.05, 3.63) is 58.1 Å². The zero-order valence-corrected chi connectivity index (χ0v) is 20.7. The number of aromatic hydroxyl groups is 1. The lowest BCUT2D eigenvalue weighted by atomic mass is 9.85. The van der Waals surface area contributed by atoms with E-state index >= 15 is 0 Å². The molecule has 2 aromatic rings. The van der Waals surface area contributed by atoms with Gasteiger partial charge in [0.2, 0.25) is 0 Å². The fraction of sp³-hybridized carbons (Fsp3) is 0.375. The van der Waals surface area contributed by atoms with Crippen LogP contribution >= 0.6 is 17.0 Å². The molecule has 0 fully saturated rings. The maximum Gasteiger partial charge on any atom is 0.254 e. The topological polar surface area (TPSA) is 103 Å². The Morgan fingerprint density at radius 1 is 1.22 bits per heavy atom. The molecule has 1 aliphatic rings. The molecule has 1 amide bonds. The number of hydrogen-bond acceptors (Lipinski definition) is 5. The summed E-state index contributed by atoms with van der Waals surface area (Å²) < 4.78 is 5.61. The number of phenolic OH excluding ortho intramolecular Hbond substituents is 1. The molecule has 0 atom stereocenters. The zero-order valence-electron chi connectivity index (χ0n) is 19.0. The Morgan fingerprint density at radius 2 is 1.91 bits per heavy atom. The number of phenols is 1. The van der Waals surface area contributed by atoms with Gasteiger partial charge in [-0.1, -0.05) is 20.8 Å². The van der Waals surface area contributed by atoms with Crippen molar-refractivity contribution in [3.8, 4) is 11.5 Å². The molecule has 8 heteroatoms. The zero-order chi connectivity index (χ0) is 22.9. The Balaban J connectivity index is 0.00000363. The highest BCUT2D eigenvalue weighted by Crippen LogP contribution is 2.33. The van der Waals surface area contributed by atoms with Crippen LogP contribution in [-0.2, 0) is 12.0 Å². The number of rotatable bonds is 6. The molecule has 0 saturated heterocycles. The summed E-state index contributed by atoms with van der Waals surface area (Å²) in [7, 11) is 1.56. The van der Waals surface area contributed by atoms with Crippen LogP contribution in [0.25, 0.3) is 0 Å². The molecule has 2 aromatic carbocycles. The number of halogens is 1. The molecule has 7 nitrogen and oxygen atoms in total. The number of benzene rings is 2. The smallest absolute Gasteiger partial charge is 0.254 e. The van der Waals surface area contributed by atoms with Crippen LogP contribution in [0.15, 0.2) is 30.3 Å². The number of Topliss-reactive ketones (excluding diaryl/α,β-unsaturated/α-hetero) is 1. The van der Waals surface area contributed by atoms with Gasteiger partial charge in [0.25, 0.3) is 5.91 Å². The van der Waals surface area contributed by atoms with Crippen molar-refractivity contribution in [3.63, 3.8) is 0 Å². The number of carbonyl (C=O) groups excluding carboxylic acids is 2. The van der Waals surface area contributed by atoms with E-state index < -0.39 is 0 Å². The minimum atomic E-state index is -0.303. The fourth-order valence-corrected chi connectivity index (χ4v) is 3.73. The summed E-state index contributed by atoms with van der Waals surface area (Å²) in [4.78, 5) is 26.9. The van der Waals surface area contributed by atoms with Crippen LogP contribution in [0.4, 0.5) is 0 Å². The van der Waals surface area contributed by atoms with Crippen molar-refractivity contribution in [2.45, 2.75) is 39.7 Å². The van der Waals surface area contributed by atoms with E-state index in [1.165, 1.54) is 0 Å². The first-order chi connectivity index (χ1) is 14.6. The van der Waals surface area contributed by atoms with Gasteiger partial charge in [0.05, 0.1) is 18.7 Å². The molecule has 1 aliphatic heterocycles. The Morgan fingerprint density at radius 3 is 2.50 bits per heavy atom. The second kappa shape index (κ2) is 9.73. The molecule has 3 N–H and O–H groups in total. The lowest BCUT2D eigenvalue weighted by Crippen LogP contribution is -2.30. The molecule has 0 aromatic heterocycles. The summed E-state index contributed by atoms with van der Waals surface area (Å²) >= 11 is 0. The molecule has 1 heterocycles. The van der Waals surface area contributed by atoms with Gasteiger partial charge in [-0.3, -0.25) is 15.0 Å². The minimum absolute atomic E-state index is 0. The third-order valence-corrected chi connectivity index (χ3v) is 5.37. The van der Waals surface area contributed by atoms with Crippen molar-refractivity contribution in [2.75, 3.05) is 20.2 Å². The van der Waals surface area contributed by atoms with Crippen LogP contribution in [0.3, 0.4) is 0 Å². The number of nitrogens with zero attached hydrogens (tertiary/aromatic N) is 1. The van der Waals surface area contributed by atoms with E-state index in [2.05, 4.69) is 5.32 Å². The quantitative estimate of drug-likeness (QED) is 0.516. The normalized spacial score (nSPS) is 12.8. The second-order valence-electron chi connectivity index (χ2n) is 8.63. The molecule has 32 heavy (non-hydrogen) atoms. The van der Waals surface area contributed by atoms with Gasteiger partial charge in [-0.25, -0.2) is 0 Å². The van der Waals surface area contributed by atoms with Crippen LogP contribution < -0.4 is 10.1 Å². The Bertz CT molecular complexity index is 1060. The predicted molar refractivity (Wildman–Crippen MR) is 130 cm³/mol. The maximum absolute atomic E-state index is 13.0. The number of amides is 1. The van der Waals surface area contributed by atoms with Gasteiger partial charge in [0.1, 0.15) is 17.3 Å². The monoisotopic (exact) mass is 503 g/mol. The predicted octanol–water partition coefficient (Wildman–Crippen LogP) is 4.05. The van der Waals surface area contributed by atoms with Gasteiger partial charge in [-0.15, -0.1) is 17.0 Å². The van der Waals surface area contributed by atoms with E-state index in [4.69, 9.17) is 10.1 Å². The maximum atomic E-state index is 13.0. The van der Waals surface area contributed by atoms with Gasteiger partial charge < -0.3 is 20.1 Å². The number of ketones is 1. The highest BCUT2D eigenvalue weighted by atomic mass is 79.9. The summed E-state index contributed by atoms with van der Waals surface area (Å²) in [6, 6.07) is 8.31. The van der Waals surface area contributed by atoms with Gasteiger partial charge in [0, 0.05) is 24.7 Å². The first-order valence-corrected chi connectivity index (χ1v) is 10.3. The van der Waals surface area contributed by atoms with Crippen molar-refractivity contribution in [2.24, 2.45) is 0 Å². The summed E-state index contributed by atoms with van der Waals surface area (Å²) in [5.74, 6) is 0.413. The standard InChI is InChI=1S/C24H29N3O4.BrH/c1-6-31-21-11-16-15(9-17(21)23(30)26-5)12-27(22(16)25)13-20(29)14-7-8-19(28)18(10-14)24(2,3)4;/h7-11,25,28H,6,12-13H2,1-5H3,(H,26,30);1H. The van der Waals surface area contributed by atoms with Crippen LogP contribution in [0, 0.1) is 5.41 Å². The first-order valence-electron chi connectivity index (χ1n) is 10.3. The highest BCUT2D eigenvalue weighted by molar-refractivity contribution is 8.93. The van der Waals surface area contributed by atoms with Crippen LogP contribution in [0.5, 0.6) is 11.5 Å². The Kier molecular flexibility index (Phi) is 7.72. The molecule has 0 unspecified atom stereocenters. The lowest BCUT2D eigenvalue weighted by Gasteiger charge is -2.22. The summed E-state index contributed by atoms with van der Waals surface area (Å²) in [5, 5.41) is 21.3. The molecule has 0 spiro atoms. The molecule has 172 valence electrons. The van der Waals surface area contributed by atoms with Crippen molar-refractivity contribution >= 4 is 34.5 Å². The van der Waals surface area contributed by atoms with E-state index in [0.717, 1.165) is 5.56 Å². The number of carbonyl (C=O) groups is 2. The number of amidine groups is 1. The molecule has 3 rings (SSSR count). The third kappa shape index (κ3) is 4.96. The molecule has 0 aliphatic carbocycles. The SMILES string of the molecule is Br.CCOc1cc2c(cc1C(=O)NC)CN(CC(=O)c1ccc(O)c(C(C)(C)C)c1)C2=N. The number of ether oxygens (including phenoxy) is 1. The van der Waals surface area contributed by atoms with Crippen molar-refractivity contribution in [1.82, 2.24) is 10.2 Å². The largest absolute Gasteiger partial charge is 0.508 e. The molecular formula is C24H30BrN3O4. The number of fused-ring (bicyclic) bond motifs is 1. The fourth-order valence-electron chi connectivity index (χ4n) is 3.73. The average molecular weight is 504 g/mol. The first kappa shape index (κ1) is 25.4. The van der Waals surface area contributed by atoms with E-state index in [1.807, 2.05) is 27.7 Å². The second-order valence-corrected chi connectivity index (χ2v) is 8.63. The van der Waals surface area contributed by atoms with E-state index in [0.29, 0.717) is 41.2 Å². The van der Waals surface area contributed by atoms with Crippen LogP contribution in [0.2, 0.25) is 0 Å². The van der Waals surface area contributed by atoms with Gasteiger partial charge >= 0.3 is 0 Å². The molecule has 0 radical (unpaired) electrons. The van der Waals surface area contributed by atoms with Gasteiger partial charge in [0.15, 0.2) is 5.78 Å². The Labute approximate surface area is 199 Å². The molecule has 0 saturated carbocycles. The van der Waals surface area contributed by atoms with E-state index in [1.54, 1.807) is 42.3 Å². The minimum Gasteiger partial charge on any atom is -0.508 e. The van der Waals surface area contributed by atoms with Gasteiger partial charge in [-0.05, 0) is 53.8 Å². The molecular weight excluding hydrogens is 474 g/mol. The van der Waals surface area contributed by atoms with Gasteiger partial charge in [-0.2, -0.15) is 0 Å². The van der Waals surface area contributed by atoms with E-state index in [-0.39, 0.29) is 52.2 Å². The average Bonchev–Trinajstić information content (AvgIpc) is 3.01. The number of hydrogen-bond donors (Lipinski definition) is 3. The molecule has 0 bridgehead atoms. The lowest BCUT2D eigenvalue weighted by molar-refractivity contribution is 0.0951. The van der Waals surface area contributed by atoms with Crippen molar-refractivity contribution in [1.29, 1.82) is 5.41 Å². The van der Waals surface area contributed by atoms with Crippen molar-refractivity contribution < 1.29 is 19.4 Å². The Hall–Kier alpha value is -2.87. The summed E-state index contributed by atoms with van der Waals surface area (Å²) in [5.41, 5.74) is 2.77. The van der Waals surface area contributed by atoms with E-state index in [9.17, 15) is 14.7 Å². The number of nitrogens with one attached hydrogen (secondary N) is 2. The summed E-state index contributed by atoms with van der Waals surface area (Å²) in [6.07, 6.45) is 0. The van der Waals surface area contributed by atoms with Crippen LogP contribution in [-0.4, -0.2) is 47.7 Å².